The molecule has 2 aromatic rings. The maximum atomic E-state index is 13.6. The number of nitrogens with one attached hydrogen (secondary N) is 1. The second kappa shape index (κ2) is 8.66. The third kappa shape index (κ3) is 5.06. The molecule has 1 aliphatic heterocycles. The Morgan fingerprint density at radius 1 is 1.27 bits per heavy atom. The number of hydrogen-bond acceptors (Lipinski definition) is 6. The van der Waals surface area contributed by atoms with Gasteiger partial charge in [0.15, 0.2) is 5.16 Å². The van der Waals surface area contributed by atoms with Crippen LogP contribution in [0.25, 0.3) is 0 Å². The van der Waals surface area contributed by atoms with E-state index in [1.54, 1.807) is 18.2 Å². The number of aromatic nitrogens is 2. The van der Waals surface area contributed by atoms with Gasteiger partial charge in [0.2, 0.25) is 5.91 Å². The van der Waals surface area contributed by atoms with Crippen molar-refractivity contribution in [3.63, 3.8) is 0 Å². The number of carbonyl (C=O) groups excluding carboxylic acids is 1. The fourth-order valence-electron chi connectivity index (χ4n) is 2.53. The predicted octanol–water partition coefficient (Wildman–Crippen LogP) is 2.75. The van der Waals surface area contributed by atoms with E-state index in [4.69, 9.17) is 11.6 Å². The number of amides is 1. The van der Waals surface area contributed by atoms with E-state index in [0.717, 1.165) is 32.0 Å². The lowest BCUT2D eigenvalue weighted by Gasteiger charge is -2.33. The highest BCUT2D eigenvalue weighted by atomic mass is 35.5. The molecule has 1 aromatic carbocycles. The minimum absolute atomic E-state index is 0.0663. The summed E-state index contributed by atoms with van der Waals surface area (Å²) >= 11 is 7.28. The standard InChI is InChI=1S/C17H19ClFN5OS/c1-23-6-8-24(9-7-23)15-10-14(18)21-17(22-15)26-11-16(25)20-13-5-3-2-4-12(13)19/h2-5,10H,6-9,11H2,1H3,(H,20,25). The molecule has 1 aliphatic rings. The van der Waals surface area contributed by atoms with Crippen LogP contribution in [0.3, 0.4) is 0 Å². The number of anilines is 2. The zero-order valence-electron chi connectivity index (χ0n) is 14.3. The van der Waals surface area contributed by atoms with Crippen LogP contribution in [-0.2, 0) is 4.79 Å². The number of thioether (sulfide) groups is 1. The van der Waals surface area contributed by atoms with E-state index in [9.17, 15) is 9.18 Å². The molecule has 2 heterocycles. The molecule has 26 heavy (non-hydrogen) atoms. The van der Waals surface area contributed by atoms with E-state index >= 15 is 0 Å². The lowest BCUT2D eigenvalue weighted by molar-refractivity contribution is -0.113. The van der Waals surface area contributed by atoms with Crippen molar-refractivity contribution in [3.05, 3.63) is 41.3 Å². The maximum absolute atomic E-state index is 13.6. The largest absolute Gasteiger partial charge is 0.354 e. The molecule has 1 amide bonds. The van der Waals surface area contributed by atoms with Gasteiger partial charge in [0.05, 0.1) is 11.4 Å². The number of para-hydroxylation sites is 1. The Hall–Kier alpha value is -1.90. The molecule has 0 aliphatic carbocycles. The van der Waals surface area contributed by atoms with E-state index in [1.807, 2.05) is 0 Å². The molecule has 1 saturated heterocycles. The van der Waals surface area contributed by atoms with Gasteiger partial charge in [0.1, 0.15) is 16.8 Å². The first-order valence-electron chi connectivity index (χ1n) is 8.16. The van der Waals surface area contributed by atoms with Crippen LogP contribution in [0.5, 0.6) is 0 Å². The van der Waals surface area contributed by atoms with Crippen LogP contribution in [0.1, 0.15) is 0 Å². The molecular formula is C17H19ClFN5OS. The van der Waals surface area contributed by atoms with E-state index in [2.05, 4.69) is 32.1 Å². The summed E-state index contributed by atoms with van der Waals surface area (Å²) in [5, 5.41) is 3.30. The van der Waals surface area contributed by atoms with Crippen LogP contribution < -0.4 is 10.2 Å². The van der Waals surface area contributed by atoms with E-state index in [1.165, 1.54) is 23.9 Å². The first-order valence-corrected chi connectivity index (χ1v) is 9.53. The van der Waals surface area contributed by atoms with Crippen LogP contribution in [0.15, 0.2) is 35.5 Å². The number of piperazine rings is 1. The number of nitrogens with zero attached hydrogens (tertiary/aromatic N) is 4. The zero-order valence-corrected chi connectivity index (χ0v) is 15.9. The molecule has 0 bridgehead atoms. The summed E-state index contributed by atoms with van der Waals surface area (Å²) in [6.07, 6.45) is 0. The van der Waals surface area contributed by atoms with Crippen LogP contribution in [-0.4, -0.2) is 59.8 Å². The number of likely N-dealkylation sites (N-methyl/N-ethyl adjacent to an activating group) is 1. The molecule has 9 heteroatoms. The summed E-state index contributed by atoms with van der Waals surface area (Å²) in [4.78, 5) is 25.1. The average molecular weight is 396 g/mol. The minimum atomic E-state index is -0.470. The van der Waals surface area contributed by atoms with Gasteiger partial charge >= 0.3 is 0 Å². The molecule has 0 atom stereocenters. The van der Waals surface area contributed by atoms with Crippen LogP contribution >= 0.6 is 23.4 Å². The monoisotopic (exact) mass is 395 g/mol. The van der Waals surface area contributed by atoms with Crippen molar-refractivity contribution in [3.8, 4) is 0 Å². The topological polar surface area (TPSA) is 61.4 Å². The van der Waals surface area contributed by atoms with Gasteiger partial charge in [-0.15, -0.1) is 0 Å². The smallest absolute Gasteiger partial charge is 0.234 e. The van der Waals surface area contributed by atoms with Gasteiger partial charge in [0, 0.05) is 32.2 Å². The molecule has 1 N–H and O–H groups in total. The van der Waals surface area contributed by atoms with E-state index in [0.29, 0.717) is 10.3 Å². The SMILES string of the molecule is CN1CCN(c2cc(Cl)nc(SCC(=O)Nc3ccccc3F)n2)CC1. The van der Waals surface area contributed by atoms with Crippen LogP contribution in [0, 0.1) is 5.82 Å². The Kier molecular flexibility index (Phi) is 6.29. The summed E-state index contributed by atoms with van der Waals surface area (Å²) in [6.45, 7) is 3.63. The Morgan fingerprint density at radius 2 is 2.00 bits per heavy atom. The van der Waals surface area contributed by atoms with Crippen molar-refractivity contribution >= 4 is 40.8 Å². The number of carbonyl (C=O) groups is 1. The second-order valence-corrected chi connectivity index (χ2v) is 7.27. The van der Waals surface area contributed by atoms with Crippen molar-refractivity contribution in [2.24, 2.45) is 0 Å². The van der Waals surface area contributed by atoms with Gasteiger partial charge in [-0.2, -0.15) is 0 Å². The maximum Gasteiger partial charge on any atom is 0.234 e. The van der Waals surface area contributed by atoms with E-state index in [-0.39, 0.29) is 17.3 Å². The van der Waals surface area contributed by atoms with Crippen LogP contribution in [0.4, 0.5) is 15.9 Å². The Bertz CT molecular complexity index is 785. The first-order chi connectivity index (χ1) is 12.5. The summed E-state index contributed by atoms with van der Waals surface area (Å²) in [7, 11) is 2.08. The number of hydrogen-bond donors (Lipinski definition) is 1. The fraction of sp³-hybridized carbons (Fsp3) is 0.353. The molecule has 0 unspecified atom stereocenters. The van der Waals surface area contributed by atoms with Crippen molar-refractivity contribution in [2.45, 2.75) is 5.16 Å². The molecule has 0 spiro atoms. The Morgan fingerprint density at radius 3 is 2.73 bits per heavy atom. The third-order valence-electron chi connectivity index (χ3n) is 3.97. The predicted molar refractivity (Wildman–Crippen MR) is 103 cm³/mol. The molecule has 0 saturated carbocycles. The van der Waals surface area contributed by atoms with Crippen molar-refractivity contribution in [1.82, 2.24) is 14.9 Å². The van der Waals surface area contributed by atoms with Crippen molar-refractivity contribution in [2.75, 3.05) is 49.2 Å². The van der Waals surface area contributed by atoms with Gasteiger partial charge in [-0.3, -0.25) is 4.79 Å². The molecule has 3 rings (SSSR count). The quantitative estimate of drug-likeness (QED) is 0.477. The molecular weight excluding hydrogens is 377 g/mol. The fourth-order valence-corrected chi connectivity index (χ4v) is 3.41. The summed E-state index contributed by atoms with van der Waals surface area (Å²) in [5.41, 5.74) is 0.156. The van der Waals surface area contributed by atoms with E-state index < -0.39 is 5.82 Å². The second-order valence-electron chi connectivity index (χ2n) is 5.94. The third-order valence-corrected chi connectivity index (χ3v) is 5.01. The lowest BCUT2D eigenvalue weighted by Crippen LogP contribution is -2.44. The molecule has 6 nitrogen and oxygen atoms in total. The highest BCUT2D eigenvalue weighted by Crippen LogP contribution is 2.23. The Balaban J connectivity index is 1.61. The van der Waals surface area contributed by atoms with Gasteiger partial charge in [0.25, 0.3) is 0 Å². The molecule has 0 radical (unpaired) electrons. The molecule has 138 valence electrons. The average Bonchev–Trinajstić information content (AvgIpc) is 2.62. The molecule has 1 fully saturated rings. The highest BCUT2D eigenvalue weighted by molar-refractivity contribution is 7.99. The van der Waals surface area contributed by atoms with Gasteiger partial charge < -0.3 is 15.1 Å². The summed E-state index contributed by atoms with van der Waals surface area (Å²) < 4.78 is 13.6. The van der Waals surface area contributed by atoms with Gasteiger partial charge in [-0.05, 0) is 19.2 Å². The van der Waals surface area contributed by atoms with Gasteiger partial charge in [-0.1, -0.05) is 35.5 Å². The van der Waals surface area contributed by atoms with Gasteiger partial charge in [-0.25, -0.2) is 14.4 Å². The molecule has 1 aromatic heterocycles. The summed E-state index contributed by atoms with van der Waals surface area (Å²) in [5.74, 6) is 0.0266. The number of rotatable bonds is 5. The summed E-state index contributed by atoms with van der Waals surface area (Å²) in [6, 6.07) is 7.77. The normalized spacial score (nSPS) is 15.1. The van der Waals surface area contributed by atoms with Crippen molar-refractivity contribution < 1.29 is 9.18 Å². The zero-order chi connectivity index (χ0) is 18.5. The number of halogens is 2. The van der Waals surface area contributed by atoms with Crippen LogP contribution in [0.2, 0.25) is 5.15 Å². The first kappa shape index (κ1) is 18.9. The number of benzene rings is 1. The minimum Gasteiger partial charge on any atom is -0.354 e. The lowest BCUT2D eigenvalue weighted by atomic mass is 10.3. The van der Waals surface area contributed by atoms with Crippen molar-refractivity contribution in [1.29, 1.82) is 0 Å². The highest BCUT2D eigenvalue weighted by Gasteiger charge is 2.17. The Labute approximate surface area is 160 Å².